The van der Waals surface area contributed by atoms with Crippen molar-refractivity contribution < 1.29 is 18.3 Å². The third-order valence-corrected chi connectivity index (χ3v) is 4.38. The molecule has 0 aliphatic carbocycles. The Hall–Kier alpha value is -2.01. The van der Waals surface area contributed by atoms with E-state index in [4.69, 9.17) is 5.11 Å². The third-order valence-electron chi connectivity index (χ3n) is 2.43. The van der Waals surface area contributed by atoms with Crippen molar-refractivity contribution in [3.05, 3.63) is 18.0 Å². The van der Waals surface area contributed by atoms with Crippen LogP contribution in [-0.4, -0.2) is 38.9 Å². The van der Waals surface area contributed by atoms with E-state index in [2.05, 4.69) is 19.5 Å². The minimum atomic E-state index is -3.92. The van der Waals surface area contributed by atoms with Gasteiger partial charge in [-0.3, -0.25) is 4.72 Å². The van der Waals surface area contributed by atoms with Crippen LogP contribution in [-0.2, 0) is 10.0 Å². The molecule has 2 N–H and O–H groups in total. The van der Waals surface area contributed by atoms with E-state index in [1.165, 1.54) is 10.8 Å². The number of aromatic carboxylic acids is 1. The monoisotopic (exact) mass is 317 g/mol. The van der Waals surface area contributed by atoms with E-state index < -0.39 is 16.0 Å². The normalized spacial score (nSPS) is 11.8. The molecule has 2 aromatic heterocycles. The molecule has 0 aliphatic rings. The van der Waals surface area contributed by atoms with Crippen LogP contribution in [0.15, 0.2) is 17.2 Å². The predicted molar refractivity (Wildman–Crippen MR) is 70.3 cm³/mol. The maximum atomic E-state index is 12.1. The highest BCUT2D eigenvalue weighted by Crippen LogP contribution is 2.21. The minimum Gasteiger partial charge on any atom is -0.477 e. The summed E-state index contributed by atoms with van der Waals surface area (Å²) in [5.74, 6) is -1.20. The Morgan fingerprint density at radius 3 is 2.65 bits per heavy atom. The smallest absolute Gasteiger partial charge is 0.352 e. The van der Waals surface area contributed by atoms with E-state index in [-0.39, 0.29) is 21.8 Å². The van der Waals surface area contributed by atoms with E-state index in [0.29, 0.717) is 0 Å². The lowest BCUT2D eigenvalue weighted by molar-refractivity contribution is 0.0683. The van der Waals surface area contributed by atoms with Crippen LogP contribution in [0.4, 0.5) is 5.13 Å². The van der Waals surface area contributed by atoms with Gasteiger partial charge >= 0.3 is 5.97 Å². The molecule has 0 amide bonds. The number of hydrogen-bond acceptors (Lipinski definition) is 7. The Morgan fingerprint density at radius 1 is 1.50 bits per heavy atom. The van der Waals surface area contributed by atoms with Gasteiger partial charge in [0.05, 0.1) is 0 Å². The molecule has 2 aromatic rings. The fraction of sp³-hybridized carbons (Fsp3) is 0.333. The molecular weight excluding hydrogens is 306 g/mol. The van der Waals surface area contributed by atoms with Crippen molar-refractivity contribution in [2.75, 3.05) is 4.72 Å². The molecule has 108 valence electrons. The molecule has 0 fully saturated rings. The van der Waals surface area contributed by atoms with Gasteiger partial charge in [-0.25, -0.2) is 13.2 Å². The zero-order valence-corrected chi connectivity index (χ0v) is 12.1. The van der Waals surface area contributed by atoms with Crippen molar-refractivity contribution in [2.24, 2.45) is 0 Å². The summed E-state index contributed by atoms with van der Waals surface area (Å²) in [7, 11) is -3.92. The summed E-state index contributed by atoms with van der Waals surface area (Å²) >= 11 is 0.782. The Morgan fingerprint density at radius 2 is 2.20 bits per heavy atom. The van der Waals surface area contributed by atoms with E-state index in [1.54, 1.807) is 13.8 Å². The van der Waals surface area contributed by atoms with Gasteiger partial charge in [-0.1, -0.05) is 9.59 Å². The molecule has 11 heteroatoms. The average Bonchev–Trinajstić information content (AvgIpc) is 2.95. The molecule has 0 spiro atoms. The van der Waals surface area contributed by atoms with E-state index >= 15 is 0 Å². The summed E-state index contributed by atoms with van der Waals surface area (Å²) in [5.41, 5.74) is -0.101. The average molecular weight is 317 g/mol. The van der Waals surface area contributed by atoms with Crippen molar-refractivity contribution >= 4 is 32.7 Å². The fourth-order valence-corrected chi connectivity index (χ4v) is 3.16. The summed E-state index contributed by atoms with van der Waals surface area (Å²) in [4.78, 5) is 11.0. The molecule has 0 unspecified atom stereocenters. The first kappa shape index (κ1) is 14.4. The second-order valence-electron chi connectivity index (χ2n) is 4.14. The Labute approximate surface area is 118 Å². The molecule has 20 heavy (non-hydrogen) atoms. The molecule has 9 nitrogen and oxygen atoms in total. The molecule has 0 saturated heterocycles. The van der Waals surface area contributed by atoms with Crippen molar-refractivity contribution in [1.82, 2.24) is 19.4 Å². The van der Waals surface area contributed by atoms with E-state index in [1.807, 2.05) is 0 Å². The van der Waals surface area contributed by atoms with Crippen molar-refractivity contribution in [3.63, 3.8) is 0 Å². The largest absolute Gasteiger partial charge is 0.477 e. The van der Waals surface area contributed by atoms with Gasteiger partial charge in [-0.2, -0.15) is 0 Å². The second-order valence-corrected chi connectivity index (χ2v) is 6.56. The lowest BCUT2D eigenvalue weighted by Crippen LogP contribution is -2.12. The van der Waals surface area contributed by atoms with Gasteiger partial charge < -0.3 is 9.67 Å². The molecule has 0 radical (unpaired) electrons. The number of anilines is 1. The van der Waals surface area contributed by atoms with Gasteiger partial charge in [0.25, 0.3) is 10.0 Å². The first-order valence-electron chi connectivity index (χ1n) is 5.44. The number of nitrogens with zero attached hydrogens (tertiary/aromatic N) is 4. The van der Waals surface area contributed by atoms with E-state index in [9.17, 15) is 13.2 Å². The molecule has 0 atom stereocenters. The van der Waals surface area contributed by atoms with Crippen LogP contribution in [0.1, 0.15) is 30.4 Å². The van der Waals surface area contributed by atoms with Gasteiger partial charge in [0.1, 0.15) is 10.6 Å². The lowest BCUT2D eigenvalue weighted by Gasteiger charge is -2.09. The Bertz CT molecular complexity index is 720. The summed E-state index contributed by atoms with van der Waals surface area (Å²) < 4.78 is 31.2. The predicted octanol–water partition coefficient (Wildman–Crippen LogP) is 0.814. The zero-order valence-electron chi connectivity index (χ0n) is 10.5. The van der Waals surface area contributed by atoms with Gasteiger partial charge in [0.2, 0.25) is 5.13 Å². The van der Waals surface area contributed by atoms with Crippen molar-refractivity contribution in [3.8, 4) is 0 Å². The number of nitrogens with one attached hydrogen (secondary N) is 1. The fourth-order valence-electron chi connectivity index (χ4n) is 1.55. The van der Waals surface area contributed by atoms with Crippen LogP contribution in [0.3, 0.4) is 0 Å². The number of carboxylic acid groups (broad SMARTS) is 1. The zero-order chi connectivity index (χ0) is 14.9. The summed E-state index contributed by atoms with van der Waals surface area (Å²) in [5, 5.41) is 15.8. The van der Waals surface area contributed by atoms with Crippen LogP contribution in [0.2, 0.25) is 0 Å². The Kier molecular flexibility index (Phi) is 3.72. The van der Waals surface area contributed by atoms with Crippen LogP contribution < -0.4 is 4.72 Å². The van der Waals surface area contributed by atoms with Crippen LogP contribution in [0, 0.1) is 0 Å². The summed E-state index contributed by atoms with van der Waals surface area (Å²) in [6, 6.07) is 0.910. The summed E-state index contributed by atoms with van der Waals surface area (Å²) in [6.07, 6.45) is 1.27. The molecule has 0 saturated carbocycles. The van der Waals surface area contributed by atoms with Crippen molar-refractivity contribution in [2.45, 2.75) is 24.8 Å². The molecule has 2 heterocycles. The standard InChI is InChI=1S/C9H11N5O4S2/c1-5(2)14-4-6(3-7(14)8(15)16)20(17,18)11-9-10-12-13-19-9/h3-5H,1-2H3,(H,15,16)(H,10,11,13). The van der Waals surface area contributed by atoms with Crippen LogP contribution in [0.25, 0.3) is 0 Å². The first-order valence-corrected chi connectivity index (χ1v) is 7.70. The maximum absolute atomic E-state index is 12.1. The van der Waals surface area contributed by atoms with Crippen LogP contribution in [0.5, 0.6) is 0 Å². The van der Waals surface area contributed by atoms with Gasteiger partial charge in [0.15, 0.2) is 0 Å². The molecular formula is C9H11N5O4S2. The quantitative estimate of drug-likeness (QED) is 0.835. The molecule has 0 bridgehead atoms. The topological polar surface area (TPSA) is 127 Å². The molecule has 0 aromatic carbocycles. The first-order chi connectivity index (χ1) is 9.31. The van der Waals surface area contributed by atoms with Gasteiger partial charge in [0, 0.05) is 23.8 Å². The summed E-state index contributed by atoms with van der Waals surface area (Å²) in [6.45, 7) is 3.51. The Balaban J connectivity index is 2.42. The van der Waals surface area contributed by atoms with Gasteiger partial charge in [-0.05, 0) is 25.1 Å². The third kappa shape index (κ3) is 2.77. The molecule has 2 rings (SSSR count). The highest BCUT2D eigenvalue weighted by molar-refractivity contribution is 7.93. The number of carbonyl (C=O) groups is 1. The number of rotatable bonds is 5. The number of sulfonamides is 1. The van der Waals surface area contributed by atoms with Crippen LogP contribution >= 0.6 is 11.5 Å². The maximum Gasteiger partial charge on any atom is 0.352 e. The SMILES string of the molecule is CC(C)n1cc(S(=O)(=O)Nc2nnns2)cc1C(=O)O. The number of carboxylic acids is 1. The number of hydrogen-bond donors (Lipinski definition) is 2. The van der Waals surface area contributed by atoms with E-state index in [0.717, 1.165) is 17.6 Å². The van der Waals surface area contributed by atoms with Gasteiger partial charge in [-0.15, -0.1) is 0 Å². The second kappa shape index (κ2) is 5.17. The highest BCUT2D eigenvalue weighted by Gasteiger charge is 2.23. The number of aromatic nitrogens is 4. The highest BCUT2D eigenvalue weighted by atomic mass is 32.2. The van der Waals surface area contributed by atoms with Crippen molar-refractivity contribution in [1.29, 1.82) is 0 Å². The lowest BCUT2D eigenvalue weighted by atomic mass is 10.3. The minimum absolute atomic E-state index is 0.0131. The molecule has 0 aliphatic heterocycles.